The molecule has 6 nitrogen and oxygen atoms in total. The molecule has 0 heterocycles. The predicted molar refractivity (Wildman–Crippen MR) is 105 cm³/mol. The highest BCUT2D eigenvalue weighted by Gasteiger charge is 2.22. The molecule has 7 heteroatoms. The van der Waals surface area contributed by atoms with Gasteiger partial charge in [0, 0.05) is 23.6 Å². The van der Waals surface area contributed by atoms with Crippen molar-refractivity contribution in [3.8, 4) is 0 Å². The van der Waals surface area contributed by atoms with Gasteiger partial charge in [-0.05, 0) is 30.5 Å². The molecule has 3 amide bonds. The number of likely N-dealkylation sites (N-methyl/N-ethyl adjacent to an activating group) is 1. The number of halogens is 1. The van der Waals surface area contributed by atoms with Crippen LogP contribution in [-0.2, 0) is 20.9 Å². The summed E-state index contributed by atoms with van der Waals surface area (Å²) in [4.78, 5) is 36.4. The van der Waals surface area contributed by atoms with E-state index < -0.39 is 0 Å². The van der Waals surface area contributed by atoms with E-state index in [4.69, 9.17) is 0 Å². The summed E-state index contributed by atoms with van der Waals surface area (Å²) < 4.78 is 0.986. The van der Waals surface area contributed by atoms with Crippen LogP contribution in [0.2, 0.25) is 0 Å². The molecule has 0 radical (unpaired) electrons. The van der Waals surface area contributed by atoms with E-state index >= 15 is 0 Å². The van der Waals surface area contributed by atoms with Gasteiger partial charge in [0.1, 0.15) is 0 Å². The standard InChI is InChI=1S/C19H26BrN3O3/c1-13(2)17(23(4)18(25)11-21-12-24)9-14(3)19(26)22-10-15-5-7-16(20)8-6-15/h5-9,12-13,17H,10-11H2,1-4H3,(H,21,24)(H,22,26)/t17-/m1/s1. The lowest BCUT2D eigenvalue weighted by molar-refractivity contribution is -0.132. The SMILES string of the molecule is CC(=C[C@H](C(C)C)N(C)C(=O)CNC=O)C(=O)NCc1ccc(Br)cc1. The number of hydrogen-bond acceptors (Lipinski definition) is 3. The molecule has 26 heavy (non-hydrogen) atoms. The normalized spacial score (nSPS) is 12.5. The van der Waals surface area contributed by atoms with Crippen LogP contribution < -0.4 is 10.6 Å². The average molecular weight is 424 g/mol. The van der Waals surface area contributed by atoms with E-state index in [-0.39, 0.29) is 30.3 Å². The maximum atomic E-state index is 12.4. The summed E-state index contributed by atoms with van der Waals surface area (Å²) in [6, 6.07) is 7.48. The van der Waals surface area contributed by atoms with E-state index in [1.165, 1.54) is 0 Å². The summed E-state index contributed by atoms with van der Waals surface area (Å²) >= 11 is 3.38. The van der Waals surface area contributed by atoms with Crippen molar-refractivity contribution < 1.29 is 14.4 Å². The Morgan fingerprint density at radius 2 is 1.85 bits per heavy atom. The molecule has 1 rings (SSSR count). The Hall–Kier alpha value is -2.15. The molecule has 0 spiro atoms. The quantitative estimate of drug-likeness (QED) is 0.472. The number of carbonyl (C=O) groups is 3. The van der Waals surface area contributed by atoms with Crippen LogP contribution in [0.1, 0.15) is 26.3 Å². The Labute approximate surface area is 163 Å². The first kappa shape index (κ1) is 21.9. The van der Waals surface area contributed by atoms with Crippen LogP contribution in [0.15, 0.2) is 40.4 Å². The second kappa shape index (κ2) is 10.8. The lowest BCUT2D eigenvalue weighted by Gasteiger charge is -2.29. The Bertz CT molecular complexity index is 656. The van der Waals surface area contributed by atoms with Gasteiger partial charge in [0.15, 0.2) is 0 Å². The molecule has 142 valence electrons. The zero-order valence-corrected chi connectivity index (χ0v) is 17.2. The molecule has 1 aromatic rings. The highest BCUT2D eigenvalue weighted by Crippen LogP contribution is 2.14. The lowest BCUT2D eigenvalue weighted by Crippen LogP contribution is -2.43. The van der Waals surface area contributed by atoms with Gasteiger partial charge in [0.2, 0.25) is 18.2 Å². The summed E-state index contributed by atoms with van der Waals surface area (Å²) in [5.41, 5.74) is 1.55. The first-order valence-electron chi connectivity index (χ1n) is 8.40. The molecule has 0 saturated heterocycles. The van der Waals surface area contributed by atoms with Crippen molar-refractivity contribution >= 4 is 34.2 Å². The zero-order valence-electron chi connectivity index (χ0n) is 15.6. The maximum Gasteiger partial charge on any atom is 0.246 e. The summed E-state index contributed by atoms with van der Waals surface area (Å²) in [6.07, 6.45) is 2.28. The molecule has 0 aromatic heterocycles. The van der Waals surface area contributed by atoms with Crippen LogP contribution >= 0.6 is 15.9 Å². The van der Waals surface area contributed by atoms with E-state index in [1.54, 1.807) is 24.9 Å². The van der Waals surface area contributed by atoms with Crippen LogP contribution in [-0.4, -0.2) is 42.8 Å². The molecule has 2 N–H and O–H groups in total. The van der Waals surface area contributed by atoms with E-state index in [9.17, 15) is 14.4 Å². The average Bonchev–Trinajstić information content (AvgIpc) is 2.62. The van der Waals surface area contributed by atoms with Gasteiger partial charge in [-0.1, -0.05) is 48.0 Å². The number of nitrogens with one attached hydrogen (secondary N) is 2. The summed E-state index contributed by atoms with van der Waals surface area (Å²) in [6.45, 7) is 6.05. The van der Waals surface area contributed by atoms with Crippen LogP contribution in [0.5, 0.6) is 0 Å². The second-order valence-corrected chi connectivity index (χ2v) is 7.31. The van der Waals surface area contributed by atoms with Crippen LogP contribution in [0.4, 0.5) is 0 Å². The van der Waals surface area contributed by atoms with Crippen molar-refractivity contribution in [1.29, 1.82) is 0 Å². The summed E-state index contributed by atoms with van der Waals surface area (Å²) in [5, 5.41) is 5.25. The van der Waals surface area contributed by atoms with Crippen LogP contribution in [0.25, 0.3) is 0 Å². The molecule has 0 aliphatic carbocycles. The topological polar surface area (TPSA) is 78.5 Å². The van der Waals surface area contributed by atoms with Crippen molar-refractivity contribution in [1.82, 2.24) is 15.5 Å². The van der Waals surface area contributed by atoms with Gasteiger partial charge < -0.3 is 15.5 Å². The summed E-state index contributed by atoms with van der Waals surface area (Å²) in [7, 11) is 1.67. The maximum absolute atomic E-state index is 12.4. The molecule has 1 aromatic carbocycles. The number of nitrogens with zero attached hydrogens (tertiary/aromatic N) is 1. The van der Waals surface area contributed by atoms with Gasteiger partial charge in [-0.25, -0.2) is 0 Å². The summed E-state index contributed by atoms with van der Waals surface area (Å²) in [5.74, 6) is -0.269. The van der Waals surface area contributed by atoms with E-state index in [1.807, 2.05) is 38.1 Å². The Morgan fingerprint density at radius 1 is 1.23 bits per heavy atom. The molecule has 1 atom stereocenters. The van der Waals surface area contributed by atoms with E-state index in [0.717, 1.165) is 10.0 Å². The molecule has 0 aliphatic rings. The van der Waals surface area contributed by atoms with Crippen molar-refractivity contribution in [2.75, 3.05) is 13.6 Å². The lowest BCUT2D eigenvalue weighted by atomic mass is 9.99. The number of amides is 3. The third-order valence-electron chi connectivity index (χ3n) is 4.01. The van der Waals surface area contributed by atoms with Crippen LogP contribution in [0, 0.1) is 5.92 Å². The third kappa shape index (κ3) is 7.00. The monoisotopic (exact) mass is 423 g/mol. The van der Waals surface area contributed by atoms with Gasteiger partial charge in [0.25, 0.3) is 0 Å². The minimum Gasteiger partial charge on any atom is -0.350 e. The number of rotatable bonds is 9. The van der Waals surface area contributed by atoms with E-state index in [0.29, 0.717) is 18.5 Å². The van der Waals surface area contributed by atoms with Crippen molar-refractivity contribution in [2.24, 2.45) is 5.92 Å². The van der Waals surface area contributed by atoms with Crippen molar-refractivity contribution in [3.05, 3.63) is 46.0 Å². The molecule has 0 unspecified atom stereocenters. The van der Waals surface area contributed by atoms with Crippen molar-refractivity contribution in [3.63, 3.8) is 0 Å². The van der Waals surface area contributed by atoms with Crippen molar-refractivity contribution in [2.45, 2.75) is 33.4 Å². The Kier molecular flexibility index (Phi) is 9.05. The molecule has 0 saturated carbocycles. The minimum atomic E-state index is -0.241. The molecular weight excluding hydrogens is 398 g/mol. The molecule has 0 bridgehead atoms. The highest BCUT2D eigenvalue weighted by atomic mass is 79.9. The van der Waals surface area contributed by atoms with Crippen LogP contribution in [0.3, 0.4) is 0 Å². The largest absolute Gasteiger partial charge is 0.350 e. The van der Waals surface area contributed by atoms with Gasteiger partial charge >= 0.3 is 0 Å². The molecular formula is C19H26BrN3O3. The molecule has 0 aliphatic heterocycles. The Balaban J connectivity index is 2.74. The van der Waals surface area contributed by atoms with E-state index in [2.05, 4.69) is 26.6 Å². The fourth-order valence-corrected chi connectivity index (χ4v) is 2.69. The number of carbonyl (C=O) groups excluding carboxylic acids is 3. The zero-order chi connectivity index (χ0) is 19.7. The second-order valence-electron chi connectivity index (χ2n) is 6.40. The first-order chi connectivity index (χ1) is 12.3. The Morgan fingerprint density at radius 3 is 2.38 bits per heavy atom. The van der Waals surface area contributed by atoms with Gasteiger partial charge in [-0.2, -0.15) is 0 Å². The van der Waals surface area contributed by atoms with Gasteiger partial charge in [-0.15, -0.1) is 0 Å². The fourth-order valence-electron chi connectivity index (χ4n) is 2.43. The predicted octanol–water partition coefficient (Wildman–Crippen LogP) is 2.24. The number of hydrogen-bond donors (Lipinski definition) is 2. The fraction of sp³-hybridized carbons (Fsp3) is 0.421. The third-order valence-corrected chi connectivity index (χ3v) is 4.53. The highest BCUT2D eigenvalue weighted by molar-refractivity contribution is 9.10. The van der Waals surface area contributed by atoms with Gasteiger partial charge in [-0.3, -0.25) is 14.4 Å². The minimum absolute atomic E-state index is 0.0636. The number of benzene rings is 1. The first-order valence-corrected chi connectivity index (χ1v) is 9.19. The molecule has 0 fully saturated rings. The van der Waals surface area contributed by atoms with Gasteiger partial charge in [0.05, 0.1) is 12.6 Å². The smallest absolute Gasteiger partial charge is 0.246 e.